The fourth-order valence-electron chi connectivity index (χ4n) is 3.00. The molecule has 2 nitrogen and oxygen atoms in total. The lowest BCUT2D eigenvalue weighted by Gasteiger charge is -2.15. The fraction of sp³-hybridized carbons (Fsp3) is 0.833. The van der Waals surface area contributed by atoms with Crippen molar-refractivity contribution < 1.29 is 4.57 Å². The quantitative estimate of drug-likeness (QED) is 0.406. The molecular weight excluding hydrogens is 244 g/mol. The van der Waals surface area contributed by atoms with E-state index in [1.165, 1.54) is 63.6 Å². The highest BCUT2D eigenvalue weighted by atomic mass is 15.1. The highest BCUT2D eigenvalue weighted by molar-refractivity contribution is 4.90. The Kier molecular flexibility index (Phi) is 8.64. The second kappa shape index (κ2) is 10.0. The molecule has 0 saturated carbocycles. The summed E-state index contributed by atoms with van der Waals surface area (Å²) in [7, 11) is 0. The molecule has 20 heavy (non-hydrogen) atoms. The van der Waals surface area contributed by atoms with E-state index in [2.05, 4.69) is 49.6 Å². The maximum absolute atomic E-state index is 3.51. The first-order chi connectivity index (χ1) is 9.70. The van der Waals surface area contributed by atoms with Gasteiger partial charge in [-0.25, -0.2) is 9.55 Å². The molecule has 1 rings (SSSR count). The monoisotopic (exact) mass is 279 g/mol. The molecule has 0 saturated heterocycles. The van der Waals surface area contributed by atoms with Gasteiger partial charge < -0.3 is 0 Å². The van der Waals surface area contributed by atoms with Crippen LogP contribution in [0.5, 0.6) is 0 Å². The molecule has 1 aromatic heterocycles. The van der Waals surface area contributed by atoms with Crippen molar-refractivity contribution in [3.63, 3.8) is 0 Å². The van der Waals surface area contributed by atoms with Crippen LogP contribution < -0.4 is 4.57 Å². The van der Waals surface area contributed by atoms with Crippen LogP contribution in [-0.4, -0.2) is 4.98 Å². The zero-order chi connectivity index (χ0) is 14.8. The zero-order valence-corrected chi connectivity index (χ0v) is 14.1. The lowest BCUT2D eigenvalue weighted by Crippen LogP contribution is -2.39. The molecule has 1 atom stereocenters. The molecule has 0 aliphatic rings. The number of unbranched alkanes of at least 4 members (excludes halogenated alkanes) is 5. The normalized spacial score (nSPS) is 13.1. The molecule has 116 valence electrons. The smallest absolute Gasteiger partial charge is 0.247 e. The Morgan fingerprint density at radius 3 is 2.25 bits per heavy atom. The van der Waals surface area contributed by atoms with Gasteiger partial charge in [-0.05, 0) is 26.7 Å². The Labute approximate surface area is 126 Å². The molecule has 0 radical (unpaired) electrons. The van der Waals surface area contributed by atoms with Crippen LogP contribution in [0.2, 0.25) is 0 Å². The second-order valence-electron chi connectivity index (χ2n) is 6.39. The van der Waals surface area contributed by atoms with Gasteiger partial charge in [0.25, 0.3) is 5.82 Å². The van der Waals surface area contributed by atoms with Gasteiger partial charge in [0.2, 0.25) is 0 Å². The summed E-state index contributed by atoms with van der Waals surface area (Å²) in [5.41, 5.74) is 0. The van der Waals surface area contributed by atoms with Crippen molar-refractivity contribution in [2.45, 2.75) is 97.4 Å². The molecule has 1 heterocycles. The summed E-state index contributed by atoms with van der Waals surface area (Å²) < 4.78 is 2.42. The van der Waals surface area contributed by atoms with Gasteiger partial charge >= 0.3 is 0 Å². The topological polar surface area (TPSA) is 19.7 Å². The summed E-state index contributed by atoms with van der Waals surface area (Å²) in [6.45, 7) is 9.13. The first-order valence-electron chi connectivity index (χ1n) is 8.79. The molecule has 0 fully saturated rings. The summed E-state index contributed by atoms with van der Waals surface area (Å²) >= 11 is 0. The van der Waals surface area contributed by atoms with E-state index in [4.69, 9.17) is 0 Å². The van der Waals surface area contributed by atoms with Gasteiger partial charge in [-0.3, -0.25) is 0 Å². The van der Waals surface area contributed by atoms with Crippen LogP contribution in [0.1, 0.15) is 103 Å². The lowest BCUT2D eigenvalue weighted by molar-refractivity contribution is -0.723. The molecular formula is C18H35N2+. The van der Waals surface area contributed by atoms with Crippen molar-refractivity contribution in [3.05, 3.63) is 18.2 Å². The minimum Gasteiger partial charge on any atom is -0.247 e. The lowest BCUT2D eigenvalue weighted by atomic mass is 9.94. The molecule has 0 aliphatic carbocycles. The summed E-state index contributed by atoms with van der Waals surface area (Å²) in [4.78, 5) is 3.51. The number of aromatic nitrogens is 2. The van der Waals surface area contributed by atoms with Crippen LogP contribution in [0.3, 0.4) is 0 Å². The van der Waals surface area contributed by atoms with Crippen molar-refractivity contribution in [1.29, 1.82) is 0 Å². The number of imidazole rings is 1. The van der Waals surface area contributed by atoms with Crippen LogP contribution in [0.15, 0.2) is 12.4 Å². The Morgan fingerprint density at radius 1 is 0.950 bits per heavy atom. The second-order valence-corrected chi connectivity index (χ2v) is 6.39. The summed E-state index contributed by atoms with van der Waals surface area (Å²) in [5, 5.41) is 0. The molecule has 1 aromatic rings. The van der Waals surface area contributed by atoms with Gasteiger partial charge in [0.1, 0.15) is 12.4 Å². The molecule has 0 unspecified atom stereocenters. The average molecular weight is 279 g/mol. The van der Waals surface area contributed by atoms with E-state index >= 15 is 0 Å². The van der Waals surface area contributed by atoms with E-state index in [-0.39, 0.29) is 0 Å². The first-order valence-corrected chi connectivity index (χ1v) is 8.79. The van der Waals surface area contributed by atoms with Gasteiger partial charge in [-0.2, -0.15) is 0 Å². The van der Waals surface area contributed by atoms with Gasteiger partial charge in [0.15, 0.2) is 0 Å². The molecule has 0 aliphatic heterocycles. The molecule has 0 amide bonds. The van der Waals surface area contributed by atoms with Gasteiger partial charge in [0, 0.05) is 0 Å². The van der Waals surface area contributed by atoms with E-state index in [1.54, 1.807) is 0 Å². The predicted octanol–water partition coefficient (Wildman–Crippen LogP) is 5.52. The molecule has 0 bridgehead atoms. The summed E-state index contributed by atoms with van der Waals surface area (Å²) in [6.07, 6.45) is 16.6. The van der Waals surface area contributed by atoms with E-state index in [0.717, 1.165) is 0 Å². The number of nitrogens with one attached hydrogen (secondary N) is 1. The van der Waals surface area contributed by atoms with Crippen LogP contribution in [0.25, 0.3) is 0 Å². The zero-order valence-electron chi connectivity index (χ0n) is 14.1. The number of hydrogen-bond donors (Lipinski definition) is 1. The third-order valence-electron chi connectivity index (χ3n) is 4.25. The largest absolute Gasteiger partial charge is 0.257 e. The Morgan fingerprint density at radius 2 is 1.60 bits per heavy atom. The van der Waals surface area contributed by atoms with E-state index in [0.29, 0.717) is 12.0 Å². The maximum Gasteiger partial charge on any atom is 0.257 e. The Bertz CT molecular complexity index is 341. The number of aromatic amines is 1. The SMILES string of the molecule is CCCCCCC[C@H](CCCC)c1[nH]cc[n+]1C(C)C. The van der Waals surface area contributed by atoms with E-state index in [9.17, 15) is 0 Å². The maximum atomic E-state index is 3.51. The predicted molar refractivity (Wildman–Crippen MR) is 87.0 cm³/mol. The highest BCUT2D eigenvalue weighted by Crippen LogP contribution is 2.25. The first kappa shape index (κ1) is 17.3. The molecule has 2 heteroatoms. The van der Waals surface area contributed by atoms with Crippen LogP contribution in [0, 0.1) is 0 Å². The van der Waals surface area contributed by atoms with Gasteiger partial charge in [0.05, 0.1) is 12.0 Å². The van der Waals surface area contributed by atoms with Crippen LogP contribution >= 0.6 is 0 Å². The minimum absolute atomic E-state index is 0.556. The Balaban J connectivity index is 2.56. The van der Waals surface area contributed by atoms with E-state index < -0.39 is 0 Å². The van der Waals surface area contributed by atoms with Crippen molar-refractivity contribution in [3.8, 4) is 0 Å². The van der Waals surface area contributed by atoms with Crippen LogP contribution in [-0.2, 0) is 0 Å². The third kappa shape index (κ3) is 5.68. The van der Waals surface area contributed by atoms with Crippen molar-refractivity contribution in [2.75, 3.05) is 0 Å². The molecule has 1 N–H and O–H groups in total. The molecule has 0 aromatic carbocycles. The minimum atomic E-state index is 0.556. The Hall–Kier alpha value is -0.790. The van der Waals surface area contributed by atoms with Crippen molar-refractivity contribution in [2.24, 2.45) is 0 Å². The van der Waals surface area contributed by atoms with Gasteiger partial charge in [-0.1, -0.05) is 58.8 Å². The number of nitrogens with zero attached hydrogens (tertiary/aromatic N) is 1. The van der Waals surface area contributed by atoms with Crippen molar-refractivity contribution >= 4 is 0 Å². The van der Waals surface area contributed by atoms with E-state index in [1.807, 2.05) is 0 Å². The number of H-pyrrole nitrogens is 1. The fourth-order valence-corrected chi connectivity index (χ4v) is 3.00. The van der Waals surface area contributed by atoms with Crippen LogP contribution in [0.4, 0.5) is 0 Å². The van der Waals surface area contributed by atoms with Crippen molar-refractivity contribution in [1.82, 2.24) is 4.98 Å². The third-order valence-corrected chi connectivity index (χ3v) is 4.25. The number of hydrogen-bond acceptors (Lipinski definition) is 0. The van der Waals surface area contributed by atoms with Gasteiger partial charge in [-0.15, -0.1) is 0 Å². The molecule has 0 spiro atoms. The number of rotatable bonds is 11. The average Bonchev–Trinajstić information content (AvgIpc) is 2.91. The summed E-state index contributed by atoms with van der Waals surface area (Å²) in [5.74, 6) is 2.16. The highest BCUT2D eigenvalue weighted by Gasteiger charge is 2.23. The summed E-state index contributed by atoms with van der Waals surface area (Å²) in [6, 6.07) is 0.556. The standard InChI is InChI=1S/C18H34N2/c1-5-7-9-10-11-13-17(12-8-6-2)18-19-14-15-20(18)16(3)4/h14-17H,5-13H2,1-4H3/p+1/t17-/m0/s1.